The number of aryl methyl sites for hydroxylation is 1. The van der Waals surface area contributed by atoms with Crippen LogP contribution in [0.5, 0.6) is 11.5 Å². The Morgan fingerprint density at radius 2 is 1.97 bits per heavy atom. The Bertz CT molecular complexity index is 1070. The van der Waals surface area contributed by atoms with Crippen molar-refractivity contribution in [3.8, 4) is 11.5 Å². The molecule has 0 radical (unpaired) electrons. The third-order valence-corrected chi connectivity index (χ3v) is 6.12. The molecule has 0 spiro atoms. The lowest BCUT2D eigenvalue weighted by Gasteiger charge is -2.34. The normalized spacial score (nSPS) is 16.7. The van der Waals surface area contributed by atoms with Gasteiger partial charge in [-0.05, 0) is 25.5 Å². The number of rotatable bonds is 5. The largest absolute Gasteiger partial charge is 0.493 e. The Morgan fingerprint density at radius 1 is 1.13 bits per heavy atom. The van der Waals surface area contributed by atoms with E-state index in [-0.39, 0.29) is 6.10 Å². The van der Waals surface area contributed by atoms with Crippen LogP contribution in [-0.2, 0) is 17.8 Å². The molecular weight excluding hydrogens is 382 g/mol. The molecule has 0 unspecified atom stereocenters. The summed E-state index contributed by atoms with van der Waals surface area (Å²) in [5.74, 6) is 3.57. The second-order valence-electron chi connectivity index (χ2n) is 8.03. The molecule has 158 valence electrons. The number of benzene rings is 1. The minimum Gasteiger partial charge on any atom is -0.493 e. The fraction of sp³-hybridized carbons (Fsp3) is 0.500. The molecule has 2 aliphatic rings. The highest BCUT2D eigenvalue weighted by Crippen LogP contribution is 2.32. The molecule has 2 aromatic heterocycles. The van der Waals surface area contributed by atoms with Crippen molar-refractivity contribution in [1.82, 2.24) is 19.8 Å². The molecule has 30 heavy (non-hydrogen) atoms. The van der Waals surface area contributed by atoms with E-state index >= 15 is 0 Å². The van der Waals surface area contributed by atoms with E-state index in [9.17, 15) is 0 Å². The van der Waals surface area contributed by atoms with Crippen molar-refractivity contribution in [3.05, 3.63) is 40.7 Å². The summed E-state index contributed by atoms with van der Waals surface area (Å²) in [5.41, 5.74) is 4.31. The maximum atomic E-state index is 6.26. The molecule has 4 heterocycles. The Balaban J connectivity index is 1.31. The van der Waals surface area contributed by atoms with Crippen LogP contribution < -0.4 is 14.4 Å². The number of hydrogen-bond acceptors (Lipinski definition) is 7. The molecule has 1 aromatic carbocycles. The number of hydrogen-bond donors (Lipinski definition) is 0. The zero-order valence-corrected chi connectivity index (χ0v) is 17.7. The Labute approximate surface area is 175 Å². The SMILES string of the molecule is COCc1nnc2c(C)c(C)c(N3CCC(Oc4ccc5c(c4)OCC5)CC3)nn12. The zero-order valence-electron chi connectivity index (χ0n) is 17.7. The topological polar surface area (TPSA) is 74.0 Å². The van der Waals surface area contributed by atoms with Crippen molar-refractivity contribution in [2.75, 3.05) is 31.7 Å². The molecule has 0 aliphatic carbocycles. The number of aromatic nitrogens is 4. The molecule has 1 saturated heterocycles. The van der Waals surface area contributed by atoms with Gasteiger partial charge in [0.2, 0.25) is 0 Å². The van der Waals surface area contributed by atoms with E-state index in [2.05, 4.69) is 41.1 Å². The van der Waals surface area contributed by atoms with E-state index in [1.807, 2.05) is 10.6 Å². The quantitative estimate of drug-likeness (QED) is 0.641. The fourth-order valence-corrected chi connectivity index (χ4v) is 4.27. The maximum Gasteiger partial charge on any atom is 0.181 e. The summed E-state index contributed by atoms with van der Waals surface area (Å²) >= 11 is 0. The lowest BCUT2D eigenvalue weighted by molar-refractivity contribution is 0.170. The van der Waals surface area contributed by atoms with Crippen LogP contribution in [0, 0.1) is 13.8 Å². The van der Waals surface area contributed by atoms with Crippen LogP contribution in [-0.4, -0.2) is 52.7 Å². The molecule has 5 rings (SSSR count). The van der Waals surface area contributed by atoms with E-state index in [0.29, 0.717) is 12.4 Å². The van der Waals surface area contributed by atoms with Gasteiger partial charge >= 0.3 is 0 Å². The second kappa shape index (κ2) is 7.75. The van der Waals surface area contributed by atoms with Gasteiger partial charge in [0, 0.05) is 56.7 Å². The first-order valence-electron chi connectivity index (χ1n) is 10.5. The number of piperidine rings is 1. The van der Waals surface area contributed by atoms with Crippen molar-refractivity contribution in [1.29, 1.82) is 0 Å². The van der Waals surface area contributed by atoms with Gasteiger partial charge in [0.25, 0.3) is 0 Å². The van der Waals surface area contributed by atoms with Gasteiger partial charge in [0.1, 0.15) is 24.2 Å². The van der Waals surface area contributed by atoms with E-state index in [1.54, 1.807) is 7.11 Å². The van der Waals surface area contributed by atoms with Crippen LogP contribution in [0.4, 0.5) is 5.82 Å². The predicted molar refractivity (Wildman–Crippen MR) is 112 cm³/mol. The van der Waals surface area contributed by atoms with Gasteiger partial charge < -0.3 is 19.1 Å². The van der Waals surface area contributed by atoms with Gasteiger partial charge in [-0.2, -0.15) is 4.52 Å². The fourth-order valence-electron chi connectivity index (χ4n) is 4.27. The van der Waals surface area contributed by atoms with Crippen LogP contribution >= 0.6 is 0 Å². The molecule has 3 aromatic rings. The van der Waals surface area contributed by atoms with E-state index in [1.165, 1.54) is 5.56 Å². The smallest absolute Gasteiger partial charge is 0.181 e. The van der Waals surface area contributed by atoms with Crippen LogP contribution in [0.25, 0.3) is 5.65 Å². The average molecular weight is 409 g/mol. The first-order valence-corrected chi connectivity index (χ1v) is 10.5. The molecule has 0 amide bonds. The highest BCUT2D eigenvalue weighted by molar-refractivity contribution is 5.59. The summed E-state index contributed by atoms with van der Waals surface area (Å²) in [7, 11) is 1.65. The summed E-state index contributed by atoms with van der Waals surface area (Å²) in [6.07, 6.45) is 3.08. The monoisotopic (exact) mass is 409 g/mol. The van der Waals surface area contributed by atoms with Crippen molar-refractivity contribution < 1.29 is 14.2 Å². The summed E-state index contributed by atoms with van der Waals surface area (Å²) in [6, 6.07) is 6.21. The van der Waals surface area contributed by atoms with Crippen molar-refractivity contribution >= 4 is 11.5 Å². The highest BCUT2D eigenvalue weighted by Gasteiger charge is 2.25. The molecule has 0 atom stereocenters. The molecule has 0 saturated carbocycles. The summed E-state index contributed by atoms with van der Waals surface area (Å²) in [5, 5.41) is 13.4. The van der Waals surface area contributed by atoms with E-state index in [0.717, 1.165) is 73.0 Å². The minimum absolute atomic E-state index is 0.199. The Kier molecular flexibility index (Phi) is 4.94. The Hall–Kier alpha value is -2.87. The van der Waals surface area contributed by atoms with E-state index in [4.69, 9.17) is 19.3 Å². The maximum absolute atomic E-state index is 6.26. The molecular formula is C22H27N5O3. The average Bonchev–Trinajstić information content (AvgIpc) is 3.38. The third-order valence-electron chi connectivity index (χ3n) is 6.12. The van der Waals surface area contributed by atoms with Gasteiger partial charge in [-0.3, -0.25) is 0 Å². The van der Waals surface area contributed by atoms with Crippen molar-refractivity contribution in [3.63, 3.8) is 0 Å². The van der Waals surface area contributed by atoms with Crippen molar-refractivity contribution in [2.45, 2.75) is 45.8 Å². The third kappa shape index (κ3) is 3.35. The van der Waals surface area contributed by atoms with Crippen LogP contribution in [0.15, 0.2) is 18.2 Å². The van der Waals surface area contributed by atoms with Crippen LogP contribution in [0.2, 0.25) is 0 Å². The summed E-state index contributed by atoms with van der Waals surface area (Å²) < 4.78 is 19.0. The number of anilines is 1. The zero-order chi connectivity index (χ0) is 20.7. The number of methoxy groups -OCH3 is 1. The standard InChI is InChI=1S/C22H27N5O3/c1-14-15(2)22(25-27-20(13-28-3)23-24-21(14)27)26-9-6-17(7-10-26)30-18-5-4-16-8-11-29-19(16)12-18/h4-5,12,17H,6-11,13H2,1-3H3. The van der Waals surface area contributed by atoms with Gasteiger partial charge in [-0.1, -0.05) is 6.07 Å². The highest BCUT2D eigenvalue weighted by atomic mass is 16.5. The van der Waals surface area contributed by atoms with Crippen LogP contribution in [0.3, 0.4) is 0 Å². The van der Waals surface area contributed by atoms with Gasteiger partial charge in [-0.15, -0.1) is 15.3 Å². The Morgan fingerprint density at radius 3 is 2.77 bits per heavy atom. The van der Waals surface area contributed by atoms with Gasteiger partial charge in [0.05, 0.1) is 6.61 Å². The lowest BCUT2D eigenvalue weighted by atomic mass is 10.1. The molecule has 8 heteroatoms. The number of ether oxygens (including phenoxy) is 3. The van der Waals surface area contributed by atoms with Crippen molar-refractivity contribution in [2.24, 2.45) is 0 Å². The molecule has 1 fully saturated rings. The first kappa shape index (κ1) is 19.1. The number of nitrogens with zero attached hydrogens (tertiary/aromatic N) is 5. The predicted octanol–water partition coefficient (Wildman–Crippen LogP) is 2.87. The molecule has 8 nitrogen and oxygen atoms in total. The van der Waals surface area contributed by atoms with E-state index < -0.39 is 0 Å². The first-order chi connectivity index (χ1) is 14.6. The lowest BCUT2D eigenvalue weighted by Crippen LogP contribution is -2.39. The van der Waals surface area contributed by atoms with Gasteiger partial charge in [0.15, 0.2) is 17.3 Å². The molecule has 0 N–H and O–H groups in total. The molecule has 2 aliphatic heterocycles. The minimum atomic E-state index is 0.199. The van der Waals surface area contributed by atoms with Gasteiger partial charge in [-0.25, -0.2) is 0 Å². The molecule has 0 bridgehead atoms. The van der Waals surface area contributed by atoms with Crippen LogP contribution in [0.1, 0.15) is 35.4 Å². The number of fused-ring (bicyclic) bond motifs is 2. The second-order valence-corrected chi connectivity index (χ2v) is 8.03. The summed E-state index contributed by atoms with van der Waals surface area (Å²) in [6.45, 7) is 7.13. The summed E-state index contributed by atoms with van der Waals surface area (Å²) in [4.78, 5) is 2.34.